The summed E-state index contributed by atoms with van der Waals surface area (Å²) >= 11 is 0. The largest absolute Gasteiger partial charge is 0.453 e. The van der Waals surface area contributed by atoms with Gasteiger partial charge in [-0.2, -0.15) is 0 Å². The van der Waals surface area contributed by atoms with E-state index in [-0.39, 0.29) is 5.78 Å². The molecule has 3 nitrogen and oxygen atoms in total. The van der Waals surface area contributed by atoms with E-state index < -0.39 is 0 Å². The average molecular weight is 229 g/mol. The Hall–Kier alpha value is -1.87. The summed E-state index contributed by atoms with van der Waals surface area (Å²) in [6, 6.07) is 11.6. The second-order valence-corrected chi connectivity index (χ2v) is 3.98. The second-order valence-electron chi connectivity index (χ2n) is 3.98. The van der Waals surface area contributed by atoms with Gasteiger partial charge in [0.2, 0.25) is 5.78 Å². The summed E-state index contributed by atoms with van der Waals surface area (Å²) in [5.74, 6) is 1.09. The first-order valence-corrected chi connectivity index (χ1v) is 5.55. The van der Waals surface area contributed by atoms with Gasteiger partial charge in [-0.25, -0.2) is 0 Å². The number of aryl methyl sites for hydroxylation is 1. The van der Waals surface area contributed by atoms with Crippen molar-refractivity contribution in [2.75, 3.05) is 13.6 Å². The highest BCUT2D eigenvalue weighted by atomic mass is 16.3. The van der Waals surface area contributed by atoms with Crippen LogP contribution in [0.2, 0.25) is 0 Å². The normalized spacial score (nSPS) is 10.5. The van der Waals surface area contributed by atoms with Crippen LogP contribution in [0.1, 0.15) is 16.1 Å². The maximum atomic E-state index is 11.6. The number of nitrogens with one attached hydrogen (secondary N) is 1. The first-order valence-electron chi connectivity index (χ1n) is 5.55. The Kier molecular flexibility index (Phi) is 3.40. The number of ketones is 1. The van der Waals surface area contributed by atoms with E-state index in [4.69, 9.17) is 4.42 Å². The predicted octanol–water partition coefficient (Wildman–Crippen LogP) is 2.66. The molecule has 0 spiro atoms. The van der Waals surface area contributed by atoms with Gasteiger partial charge in [-0.15, -0.1) is 0 Å². The number of hydrogen-bond acceptors (Lipinski definition) is 3. The van der Waals surface area contributed by atoms with Crippen LogP contribution in [0.5, 0.6) is 0 Å². The summed E-state index contributed by atoms with van der Waals surface area (Å²) < 4.78 is 5.53. The van der Waals surface area contributed by atoms with Crippen LogP contribution in [0.25, 0.3) is 11.3 Å². The summed E-state index contributed by atoms with van der Waals surface area (Å²) in [5, 5.41) is 2.81. The van der Waals surface area contributed by atoms with E-state index in [0.717, 1.165) is 11.3 Å². The molecule has 2 aromatic rings. The summed E-state index contributed by atoms with van der Waals surface area (Å²) in [7, 11) is 1.74. The zero-order valence-corrected chi connectivity index (χ0v) is 9.99. The molecule has 3 heteroatoms. The Morgan fingerprint density at radius 3 is 2.53 bits per heavy atom. The highest BCUT2D eigenvalue weighted by Crippen LogP contribution is 2.22. The standard InChI is InChI=1S/C14H15NO2/c1-10-3-5-11(6-4-10)13-7-8-14(17-13)12(16)9-15-2/h3-8,15H,9H2,1-2H3. The highest BCUT2D eigenvalue weighted by Gasteiger charge is 2.10. The molecule has 1 heterocycles. The summed E-state index contributed by atoms with van der Waals surface area (Å²) in [6.45, 7) is 2.33. The molecule has 0 fully saturated rings. The Morgan fingerprint density at radius 1 is 1.18 bits per heavy atom. The minimum Gasteiger partial charge on any atom is -0.453 e. The van der Waals surface area contributed by atoms with Crippen molar-refractivity contribution in [3.63, 3.8) is 0 Å². The zero-order valence-electron chi connectivity index (χ0n) is 9.99. The third-order valence-electron chi connectivity index (χ3n) is 2.55. The number of rotatable bonds is 4. The van der Waals surface area contributed by atoms with E-state index in [1.807, 2.05) is 37.3 Å². The van der Waals surface area contributed by atoms with Gasteiger partial charge in [-0.05, 0) is 26.1 Å². The molecule has 2 rings (SSSR count). The van der Waals surface area contributed by atoms with Crippen molar-refractivity contribution in [2.24, 2.45) is 0 Å². The fourth-order valence-electron chi connectivity index (χ4n) is 1.61. The van der Waals surface area contributed by atoms with Gasteiger partial charge < -0.3 is 9.73 Å². The maximum Gasteiger partial charge on any atom is 0.211 e. The number of carbonyl (C=O) groups excluding carboxylic acids is 1. The first kappa shape index (κ1) is 11.6. The van der Waals surface area contributed by atoms with Crippen LogP contribution in [0.3, 0.4) is 0 Å². The van der Waals surface area contributed by atoms with Gasteiger partial charge in [0, 0.05) is 5.56 Å². The molecule has 0 bridgehead atoms. The predicted molar refractivity (Wildman–Crippen MR) is 67.1 cm³/mol. The minimum atomic E-state index is -0.0362. The minimum absolute atomic E-state index is 0.0362. The molecule has 0 amide bonds. The number of likely N-dealkylation sites (N-methyl/N-ethyl adjacent to an activating group) is 1. The molecule has 0 unspecified atom stereocenters. The SMILES string of the molecule is CNCC(=O)c1ccc(-c2ccc(C)cc2)o1. The fourth-order valence-corrected chi connectivity index (χ4v) is 1.61. The molecule has 0 atom stereocenters. The van der Waals surface area contributed by atoms with Crippen LogP contribution in [0.4, 0.5) is 0 Å². The van der Waals surface area contributed by atoms with Gasteiger partial charge in [0.1, 0.15) is 5.76 Å². The van der Waals surface area contributed by atoms with E-state index in [9.17, 15) is 4.79 Å². The fraction of sp³-hybridized carbons (Fsp3) is 0.214. The van der Waals surface area contributed by atoms with E-state index in [1.165, 1.54) is 5.56 Å². The quantitative estimate of drug-likeness (QED) is 0.819. The Bertz CT molecular complexity index is 511. The van der Waals surface area contributed by atoms with E-state index >= 15 is 0 Å². The molecule has 17 heavy (non-hydrogen) atoms. The van der Waals surface area contributed by atoms with Gasteiger partial charge in [0.05, 0.1) is 6.54 Å². The van der Waals surface area contributed by atoms with Gasteiger partial charge in [0.25, 0.3) is 0 Å². The van der Waals surface area contributed by atoms with Crippen molar-refractivity contribution in [3.8, 4) is 11.3 Å². The molecule has 1 N–H and O–H groups in total. The van der Waals surface area contributed by atoms with Gasteiger partial charge in [-0.1, -0.05) is 29.8 Å². The lowest BCUT2D eigenvalue weighted by Gasteiger charge is -1.98. The molecular weight excluding hydrogens is 214 g/mol. The van der Waals surface area contributed by atoms with Crippen molar-refractivity contribution in [3.05, 3.63) is 47.7 Å². The molecule has 0 saturated heterocycles. The third-order valence-corrected chi connectivity index (χ3v) is 2.55. The monoisotopic (exact) mass is 229 g/mol. The van der Waals surface area contributed by atoms with Crippen molar-refractivity contribution in [2.45, 2.75) is 6.92 Å². The topological polar surface area (TPSA) is 42.2 Å². The van der Waals surface area contributed by atoms with Gasteiger partial charge >= 0.3 is 0 Å². The number of carbonyl (C=O) groups is 1. The molecule has 0 aliphatic heterocycles. The van der Waals surface area contributed by atoms with Crippen molar-refractivity contribution in [1.29, 1.82) is 0 Å². The van der Waals surface area contributed by atoms with Gasteiger partial charge in [0.15, 0.2) is 5.76 Å². The summed E-state index contributed by atoms with van der Waals surface area (Å²) in [6.07, 6.45) is 0. The number of benzene rings is 1. The van der Waals surface area contributed by atoms with E-state index in [2.05, 4.69) is 5.32 Å². The van der Waals surface area contributed by atoms with Crippen molar-refractivity contribution >= 4 is 5.78 Å². The van der Waals surface area contributed by atoms with Crippen LogP contribution in [0.15, 0.2) is 40.8 Å². The Labute approximate surface area is 100 Å². The lowest BCUT2D eigenvalue weighted by Crippen LogP contribution is -2.17. The lowest BCUT2D eigenvalue weighted by atomic mass is 10.1. The lowest BCUT2D eigenvalue weighted by molar-refractivity contribution is 0.0968. The number of Topliss-reactive ketones (excluding diaryl/α,β-unsaturated/α-hetero) is 1. The van der Waals surface area contributed by atoms with Crippen molar-refractivity contribution in [1.82, 2.24) is 5.32 Å². The van der Waals surface area contributed by atoms with Gasteiger partial charge in [-0.3, -0.25) is 4.79 Å². The molecule has 88 valence electrons. The smallest absolute Gasteiger partial charge is 0.211 e. The van der Waals surface area contributed by atoms with E-state index in [0.29, 0.717) is 12.3 Å². The molecular formula is C14H15NO2. The molecule has 0 aliphatic carbocycles. The Balaban J connectivity index is 2.23. The van der Waals surface area contributed by atoms with Crippen LogP contribution in [-0.4, -0.2) is 19.4 Å². The zero-order chi connectivity index (χ0) is 12.3. The average Bonchev–Trinajstić information content (AvgIpc) is 2.80. The van der Waals surface area contributed by atoms with Crippen molar-refractivity contribution < 1.29 is 9.21 Å². The number of hydrogen-bond donors (Lipinski definition) is 1. The Morgan fingerprint density at radius 2 is 1.88 bits per heavy atom. The molecule has 1 aromatic heterocycles. The second kappa shape index (κ2) is 4.97. The molecule has 1 aromatic carbocycles. The van der Waals surface area contributed by atoms with Crippen LogP contribution in [0, 0.1) is 6.92 Å². The third kappa shape index (κ3) is 2.63. The molecule has 0 aliphatic rings. The maximum absolute atomic E-state index is 11.6. The summed E-state index contributed by atoms with van der Waals surface area (Å²) in [4.78, 5) is 11.6. The van der Waals surface area contributed by atoms with Crippen LogP contribution in [-0.2, 0) is 0 Å². The molecule has 0 saturated carbocycles. The first-order chi connectivity index (χ1) is 8.20. The van der Waals surface area contributed by atoms with Crippen LogP contribution < -0.4 is 5.32 Å². The summed E-state index contributed by atoms with van der Waals surface area (Å²) in [5.41, 5.74) is 2.19. The van der Waals surface area contributed by atoms with Crippen LogP contribution >= 0.6 is 0 Å². The van der Waals surface area contributed by atoms with E-state index in [1.54, 1.807) is 13.1 Å². The highest BCUT2D eigenvalue weighted by molar-refractivity contribution is 5.95. The number of furan rings is 1. The molecule has 0 radical (unpaired) electrons.